The van der Waals surface area contributed by atoms with Gasteiger partial charge in [-0.1, -0.05) is 0 Å². The van der Waals surface area contributed by atoms with Gasteiger partial charge >= 0.3 is 0 Å². The van der Waals surface area contributed by atoms with E-state index in [0.717, 1.165) is 25.1 Å². The average molecular weight is 223 g/mol. The maximum atomic E-state index is 11.8. The van der Waals surface area contributed by atoms with Crippen LogP contribution in [0, 0.1) is 6.92 Å². The molecular weight excluding hydrogens is 206 g/mol. The van der Waals surface area contributed by atoms with Gasteiger partial charge in [0.1, 0.15) is 11.8 Å². The van der Waals surface area contributed by atoms with E-state index in [-0.39, 0.29) is 18.0 Å². The highest BCUT2D eigenvalue weighted by atomic mass is 16.4. The number of nitrogens with zero attached hydrogens (tertiary/aromatic N) is 1. The first-order chi connectivity index (χ1) is 7.66. The topological polar surface area (TPSA) is 67.2 Å². The Hall–Kier alpha value is -1.36. The number of hydrogen-bond donors (Lipinski definition) is 2. The molecule has 0 saturated carbocycles. The monoisotopic (exact) mass is 223 g/mol. The number of carbonyl (C=O) groups excluding carboxylic acids is 1. The van der Waals surface area contributed by atoms with E-state index < -0.39 is 0 Å². The summed E-state index contributed by atoms with van der Waals surface area (Å²) in [5.41, 5.74) is 0. The first-order valence-electron chi connectivity index (χ1n) is 5.63. The Balaban J connectivity index is 1.91. The van der Waals surface area contributed by atoms with Crippen molar-refractivity contribution in [3.05, 3.63) is 17.8 Å². The van der Waals surface area contributed by atoms with Crippen LogP contribution in [0.15, 0.2) is 10.6 Å². The molecule has 0 radical (unpaired) electrons. The molecule has 1 amide bonds. The summed E-state index contributed by atoms with van der Waals surface area (Å²) in [6.07, 6.45) is 3.62. The van der Waals surface area contributed by atoms with Crippen LogP contribution in [0.5, 0.6) is 0 Å². The van der Waals surface area contributed by atoms with Crippen molar-refractivity contribution in [3.8, 4) is 0 Å². The minimum absolute atomic E-state index is 0.0286. The van der Waals surface area contributed by atoms with E-state index in [2.05, 4.69) is 15.6 Å². The van der Waals surface area contributed by atoms with Crippen LogP contribution >= 0.6 is 0 Å². The molecule has 88 valence electrons. The molecule has 0 spiro atoms. The third kappa shape index (κ3) is 2.41. The van der Waals surface area contributed by atoms with E-state index in [4.69, 9.17) is 4.42 Å². The lowest BCUT2D eigenvalue weighted by Gasteiger charge is -2.14. The number of aryl methyl sites for hydroxylation is 1. The van der Waals surface area contributed by atoms with E-state index in [9.17, 15) is 4.79 Å². The molecule has 1 aromatic heterocycles. The SMILES string of the molecule is Cc1cnc(C(C)NC(=O)[C@@H]2CCCN2)o1. The molecule has 2 rings (SSSR count). The van der Waals surface area contributed by atoms with Gasteiger partial charge in [-0.05, 0) is 33.2 Å². The Morgan fingerprint density at radius 3 is 3.12 bits per heavy atom. The van der Waals surface area contributed by atoms with Crippen molar-refractivity contribution >= 4 is 5.91 Å². The Labute approximate surface area is 94.6 Å². The maximum absolute atomic E-state index is 11.8. The third-order valence-corrected chi connectivity index (χ3v) is 2.75. The summed E-state index contributed by atoms with van der Waals surface area (Å²) in [6, 6.07) is -0.234. The normalized spacial score (nSPS) is 22.0. The summed E-state index contributed by atoms with van der Waals surface area (Å²) in [4.78, 5) is 15.9. The highest BCUT2D eigenvalue weighted by molar-refractivity contribution is 5.82. The van der Waals surface area contributed by atoms with Crippen LogP contribution in [-0.2, 0) is 4.79 Å². The molecule has 0 bridgehead atoms. The van der Waals surface area contributed by atoms with Crippen LogP contribution in [0.4, 0.5) is 0 Å². The third-order valence-electron chi connectivity index (χ3n) is 2.75. The molecule has 1 aromatic rings. The Bertz CT molecular complexity index is 369. The Kier molecular flexibility index (Phi) is 3.24. The average Bonchev–Trinajstić information content (AvgIpc) is 2.87. The van der Waals surface area contributed by atoms with Gasteiger partial charge in [0, 0.05) is 0 Å². The molecule has 1 aliphatic heterocycles. The van der Waals surface area contributed by atoms with E-state index in [1.165, 1.54) is 0 Å². The molecule has 2 heterocycles. The van der Waals surface area contributed by atoms with Crippen molar-refractivity contribution in [1.29, 1.82) is 0 Å². The van der Waals surface area contributed by atoms with E-state index in [1.54, 1.807) is 6.20 Å². The van der Waals surface area contributed by atoms with Gasteiger partial charge in [0.15, 0.2) is 0 Å². The lowest BCUT2D eigenvalue weighted by atomic mass is 10.2. The van der Waals surface area contributed by atoms with Gasteiger partial charge in [0.05, 0.1) is 12.2 Å². The van der Waals surface area contributed by atoms with Crippen molar-refractivity contribution in [3.63, 3.8) is 0 Å². The first-order valence-corrected chi connectivity index (χ1v) is 5.63. The van der Waals surface area contributed by atoms with Gasteiger partial charge in [-0.2, -0.15) is 0 Å². The number of hydrogen-bond acceptors (Lipinski definition) is 4. The lowest BCUT2D eigenvalue weighted by Crippen LogP contribution is -2.41. The van der Waals surface area contributed by atoms with Crippen LogP contribution in [-0.4, -0.2) is 23.5 Å². The van der Waals surface area contributed by atoms with Gasteiger partial charge in [0.2, 0.25) is 11.8 Å². The van der Waals surface area contributed by atoms with Gasteiger partial charge < -0.3 is 15.1 Å². The maximum Gasteiger partial charge on any atom is 0.237 e. The predicted molar refractivity (Wildman–Crippen MR) is 58.8 cm³/mol. The van der Waals surface area contributed by atoms with Crippen LogP contribution < -0.4 is 10.6 Å². The molecule has 1 saturated heterocycles. The number of nitrogens with one attached hydrogen (secondary N) is 2. The quantitative estimate of drug-likeness (QED) is 0.799. The number of carbonyl (C=O) groups is 1. The first kappa shape index (κ1) is 11.1. The second kappa shape index (κ2) is 4.65. The Morgan fingerprint density at radius 1 is 1.75 bits per heavy atom. The molecule has 2 N–H and O–H groups in total. The van der Waals surface area contributed by atoms with Gasteiger partial charge in [0.25, 0.3) is 0 Å². The van der Waals surface area contributed by atoms with E-state index in [0.29, 0.717) is 5.89 Å². The number of amides is 1. The number of rotatable bonds is 3. The largest absolute Gasteiger partial charge is 0.444 e. The molecular formula is C11H17N3O2. The van der Waals surface area contributed by atoms with Crippen LogP contribution in [0.25, 0.3) is 0 Å². The van der Waals surface area contributed by atoms with Crippen molar-refractivity contribution < 1.29 is 9.21 Å². The summed E-state index contributed by atoms with van der Waals surface area (Å²) in [5.74, 6) is 1.35. The van der Waals surface area contributed by atoms with Gasteiger partial charge in [-0.25, -0.2) is 4.98 Å². The highest BCUT2D eigenvalue weighted by Crippen LogP contribution is 2.13. The molecule has 0 aliphatic carbocycles. The van der Waals surface area contributed by atoms with E-state index >= 15 is 0 Å². The molecule has 1 aliphatic rings. The van der Waals surface area contributed by atoms with E-state index in [1.807, 2.05) is 13.8 Å². The smallest absolute Gasteiger partial charge is 0.237 e. The number of oxazole rings is 1. The van der Waals surface area contributed by atoms with Crippen molar-refractivity contribution in [2.45, 2.75) is 38.8 Å². The zero-order valence-corrected chi connectivity index (χ0v) is 9.62. The molecule has 1 unspecified atom stereocenters. The minimum atomic E-state index is -0.177. The number of aromatic nitrogens is 1. The van der Waals surface area contributed by atoms with Crippen LogP contribution in [0.3, 0.4) is 0 Å². The second-order valence-corrected chi connectivity index (χ2v) is 4.19. The molecule has 5 nitrogen and oxygen atoms in total. The summed E-state index contributed by atoms with van der Waals surface area (Å²) >= 11 is 0. The molecule has 1 fully saturated rings. The fraction of sp³-hybridized carbons (Fsp3) is 0.636. The second-order valence-electron chi connectivity index (χ2n) is 4.19. The molecule has 2 atom stereocenters. The van der Waals surface area contributed by atoms with Crippen molar-refractivity contribution in [2.24, 2.45) is 0 Å². The predicted octanol–water partition coefficient (Wildman–Crippen LogP) is 0.912. The summed E-state index contributed by atoms with van der Waals surface area (Å²) < 4.78 is 5.36. The van der Waals surface area contributed by atoms with Crippen LogP contribution in [0.2, 0.25) is 0 Å². The van der Waals surface area contributed by atoms with Crippen molar-refractivity contribution in [2.75, 3.05) is 6.54 Å². The van der Waals surface area contributed by atoms with Gasteiger partial charge in [-0.3, -0.25) is 4.79 Å². The summed E-state index contributed by atoms with van der Waals surface area (Å²) in [6.45, 7) is 4.63. The highest BCUT2D eigenvalue weighted by Gasteiger charge is 2.24. The fourth-order valence-electron chi connectivity index (χ4n) is 1.86. The lowest BCUT2D eigenvalue weighted by molar-refractivity contribution is -0.123. The minimum Gasteiger partial charge on any atom is -0.444 e. The standard InChI is InChI=1S/C11H17N3O2/c1-7-6-13-11(16-7)8(2)14-10(15)9-4-3-5-12-9/h6,8-9,12H,3-5H2,1-2H3,(H,14,15)/t8?,9-/m0/s1. The fourth-order valence-corrected chi connectivity index (χ4v) is 1.86. The molecule has 0 aromatic carbocycles. The molecule has 5 heteroatoms. The molecule has 16 heavy (non-hydrogen) atoms. The zero-order chi connectivity index (χ0) is 11.5. The van der Waals surface area contributed by atoms with Crippen LogP contribution in [0.1, 0.15) is 37.5 Å². The zero-order valence-electron chi connectivity index (χ0n) is 9.62. The van der Waals surface area contributed by atoms with Gasteiger partial charge in [-0.15, -0.1) is 0 Å². The van der Waals surface area contributed by atoms with Crippen molar-refractivity contribution in [1.82, 2.24) is 15.6 Å². The summed E-state index contributed by atoms with van der Waals surface area (Å²) in [7, 11) is 0. The summed E-state index contributed by atoms with van der Waals surface area (Å²) in [5, 5.41) is 6.05. The Morgan fingerprint density at radius 2 is 2.56 bits per heavy atom.